The number of amides is 2. The van der Waals surface area contributed by atoms with Gasteiger partial charge in [0, 0.05) is 12.6 Å². The predicted octanol–water partition coefficient (Wildman–Crippen LogP) is 2.34. The highest BCUT2D eigenvalue weighted by atomic mass is 32.2. The van der Waals surface area contributed by atoms with E-state index in [4.69, 9.17) is 12.2 Å². The molecule has 0 bridgehead atoms. The fourth-order valence-electron chi connectivity index (χ4n) is 3.05. The Morgan fingerprint density at radius 1 is 1.20 bits per heavy atom. The Morgan fingerprint density at radius 2 is 1.84 bits per heavy atom. The summed E-state index contributed by atoms with van der Waals surface area (Å²) in [7, 11) is 1.64. The maximum Gasteiger partial charge on any atom is 0.327 e. The second-order valence-electron chi connectivity index (χ2n) is 6.16. The van der Waals surface area contributed by atoms with Crippen LogP contribution in [-0.4, -0.2) is 45.2 Å². The van der Waals surface area contributed by atoms with Crippen molar-refractivity contribution in [1.82, 2.24) is 4.90 Å². The van der Waals surface area contributed by atoms with Crippen molar-refractivity contribution in [1.29, 1.82) is 0 Å². The molecule has 130 valence electrons. The first-order valence-corrected chi connectivity index (χ1v) is 8.88. The first kappa shape index (κ1) is 17.6. The molecule has 2 heterocycles. The zero-order chi connectivity index (χ0) is 18.5. The largest absolute Gasteiger partial charge is 0.480 e. The van der Waals surface area contributed by atoms with Gasteiger partial charge in [0.15, 0.2) is 0 Å². The van der Waals surface area contributed by atoms with Gasteiger partial charge in [-0.2, -0.15) is 0 Å². The lowest BCUT2D eigenvalue weighted by Crippen LogP contribution is -2.47. The molecule has 0 unspecified atom stereocenters. The summed E-state index contributed by atoms with van der Waals surface area (Å²) in [5, 5.41) is 9.49. The maximum absolute atomic E-state index is 12.9. The van der Waals surface area contributed by atoms with Crippen LogP contribution in [0.1, 0.15) is 19.4 Å². The minimum atomic E-state index is -1.12. The molecule has 0 saturated carbocycles. The summed E-state index contributed by atoms with van der Waals surface area (Å²) in [4.78, 5) is 40.0. The fraction of sp³-hybridized carbons (Fsp3) is 0.294. The quantitative estimate of drug-likeness (QED) is 0.644. The van der Waals surface area contributed by atoms with Crippen LogP contribution >= 0.6 is 24.0 Å². The highest BCUT2D eigenvalue weighted by molar-refractivity contribution is 8.26. The van der Waals surface area contributed by atoms with Crippen LogP contribution in [0.15, 0.2) is 29.2 Å². The highest BCUT2D eigenvalue weighted by Gasteiger charge is 2.45. The number of carboxylic acids is 1. The number of thioether (sulfide) groups is 1. The molecule has 0 aromatic heterocycles. The van der Waals surface area contributed by atoms with E-state index in [2.05, 4.69) is 0 Å². The van der Waals surface area contributed by atoms with E-state index < -0.39 is 17.9 Å². The maximum atomic E-state index is 12.9. The van der Waals surface area contributed by atoms with Crippen molar-refractivity contribution < 1.29 is 19.5 Å². The summed E-state index contributed by atoms with van der Waals surface area (Å²) >= 11 is 6.25. The molecule has 2 amide bonds. The molecular formula is C17H16N2O4S2. The average Bonchev–Trinajstić information content (AvgIpc) is 2.96. The number of hydrogen-bond acceptors (Lipinski definition) is 5. The van der Waals surface area contributed by atoms with Gasteiger partial charge in [0.1, 0.15) is 10.4 Å². The van der Waals surface area contributed by atoms with Gasteiger partial charge in [0.2, 0.25) is 0 Å². The minimum absolute atomic E-state index is 0.161. The first-order valence-electron chi connectivity index (χ1n) is 7.65. The standard InChI is InChI=1S/C17H16N2O4S2/c1-8(2)12(16(22)23)19-15(21)13(25-17(19)24)11-9-6-4-5-7-10(9)18(3)14(11)20/h4-8,12H,1-3H3,(H,22,23)/b13-11-/t12-/m1/s1. The Morgan fingerprint density at radius 3 is 2.44 bits per heavy atom. The lowest BCUT2D eigenvalue weighted by molar-refractivity contribution is -0.146. The summed E-state index contributed by atoms with van der Waals surface area (Å²) in [5.41, 5.74) is 1.66. The van der Waals surface area contributed by atoms with Crippen molar-refractivity contribution in [3.63, 3.8) is 0 Å². The lowest BCUT2D eigenvalue weighted by Gasteiger charge is -2.26. The van der Waals surface area contributed by atoms with Crippen molar-refractivity contribution in [2.24, 2.45) is 5.92 Å². The van der Waals surface area contributed by atoms with Crippen LogP contribution in [0.5, 0.6) is 0 Å². The van der Waals surface area contributed by atoms with Gasteiger partial charge in [-0.3, -0.25) is 14.5 Å². The number of aliphatic carboxylic acids is 1. The van der Waals surface area contributed by atoms with E-state index in [0.717, 1.165) is 16.7 Å². The summed E-state index contributed by atoms with van der Waals surface area (Å²) in [6, 6.07) is 6.12. The number of thiocarbonyl (C=S) groups is 1. The summed E-state index contributed by atoms with van der Waals surface area (Å²) in [6.07, 6.45) is 0. The number of hydrogen-bond donors (Lipinski definition) is 1. The van der Waals surface area contributed by atoms with Crippen LogP contribution in [0.25, 0.3) is 5.57 Å². The number of carboxylic acid groups (broad SMARTS) is 1. The van der Waals surface area contributed by atoms with Crippen LogP contribution < -0.4 is 4.90 Å². The second-order valence-corrected chi connectivity index (χ2v) is 7.80. The van der Waals surface area contributed by atoms with Crippen molar-refractivity contribution in [2.75, 3.05) is 11.9 Å². The number of rotatable bonds is 3. The summed E-state index contributed by atoms with van der Waals surface area (Å²) < 4.78 is 0.161. The number of likely N-dealkylation sites (N-methyl/N-ethyl adjacent to an activating group) is 1. The molecular weight excluding hydrogens is 360 g/mol. The van der Waals surface area contributed by atoms with Gasteiger partial charge in [-0.05, 0) is 12.0 Å². The fourth-order valence-corrected chi connectivity index (χ4v) is 4.45. The highest BCUT2D eigenvalue weighted by Crippen LogP contribution is 2.44. The van der Waals surface area contributed by atoms with Crippen molar-refractivity contribution >= 4 is 57.3 Å². The number of benzene rings is 1. The van der Waals surface area contributed by atoms with Crippen molar-refractivity contribution in [3.8, 4) is 0 Å². The summed E-state index contributed by atoms with van der Waals surface area (Å²) in [6.45, 7) is 3.43. The van der Waals surface area contributed by atoms with E-state index in [-0.39, 0.29) is 26.6 Å². The number of para-hydroxylation sites is 1. The number of nitrogens with zero attached hydrogens (tertiary/aromatic N) is 2. The molecule has 0 aliphatic carbocycles. The Labute approximate surface area is 154 Å². The molecule has 0 spiro atoms. The molecule has 3 rings (SSSR count). The number of carbonyl (C=O) groups is 3. The van der Waals surface area contributed by atoms with E-state index in [1.54, 1.807) is 39.1 Å². The molecule has 6 nitrogen and oxygen atoms in total. The van der Waals surface area contributed by atoms with Crippen LogP contribution in [-0.2, 0) is 14.4 Å². The van der Waals surface area contributed by atoms with Crippen LogP contribution in [0.4, 0.5) is 5.69 Å². The topological polar surface area (TPSA) is 77.9 Å². The lowest BCUT2D eigenvalue weighted by atomic mass is 10.0. The Kier molecular flexibility index (Phi) is 4.42. The Balaban J connectivity index is 2.13. The van der Waals surface area contributed by atoms with Gasteiger partial charge in [0.25, 0.3) is 11.8 Å². The zero-order valence-electron chi connectivity index (χ0n) is 13.8. The minimum Gasteiger partial charge on any atom is -0.480 e. The van der Waals surface area contributed by atoms with E-state index in [1.807, 2.05) is 6.07 Å². The second kappa shape index (κ2) is 6.27. The average molecular weight is 376 g/mol. The van der Waals surface area contributed by atoms with Crippen LogP contribution in [0, 0.1) is 5.92 Å². The third kappa shape index (κ3) is 2.65. The number of fused-ring (bicyclic) bond motifs is 1. The Hall–Kier alpha value is -2.19. The zero-order valence-corrected chi connectivity index (χ0v) is 15.5. The van der Waals surface area contributed by atoms with Gasteiger partial charge in [-0.15, -0.1) is 0 Å². The molecule has 2 aliphatic heterocycles. The van der Waals surface area contributed by atoms with E-state index in [0.29, 0.717) is 11.3 Å². The van der Waals surface area contributed by atoms with Gasteiger partial charge in [-0.25, -0.2) is 4.79 Å². The number of carbonyl (C=O) groups excluding carboxylic acids is 2. The smallest absolute Gasteiger partial charge is 0.327 e. The van der Waals surface area contributed by atoms with E-state index >= 15 is 0 Å². The van der Waals surface area contributed by atoms with Crippen LogP contribution in [0.2, 0.25) is 0 Å². The van der Waals surface area contributed by atoms with Crippen LogP contribution in [0.3, 0.4) is 0 Å². The molecule has 25 heavy (non-hydrogen) atoms. The van der Waals surface area contributed by atoms with Gasteiger partial charge in [-0.1, -0.05) is 56.0 Å². The predicted molar refractivity (Wildman–Crippen MR) is 100 cm³/mol. The third-order valence-corrected chi connectivity index (χ3v) is 5.64. The monoisotopic (exact) mass is 376 g/mol. The summed E-state index contributed by atoms with van der Waals surface area (Å²) in [5.74, 6) is -2.26. The molecule has 1 aromatic carbocycles. The molecule has 0 radical (unpaired) electrons. The molecule has 2 aliphatic rings. The van der Waals surface area contributed by atoms with Gasteiger partial charge in [0.05, 0.1) is 16.2 Å². The molecule has 1 atom stereocenters. The van der Waals surface area contributed by atoms with E-state index in [1.165, 1.54) is 4.90 Å². The van der Waals surface area contributed by atoms with Gasteiger partial charge < -0.3 is 10.0 Å². The molecule has 1 saturated heterocycles. The Bertz CT molecular complexity index is 847. The molecule has 1 fully saturated rings. The molecule has 1 aromatic rings. The normalized spacial score (nSPS) is 21.4. The molecule has 1 N–H and O–H groups in total. The first-order chi connectivity index (χ1) is 11.8. The van der Waals surface area contributed by atoms with Crippen molar-refractivity contribution in [2.45, 2.75) is 19.9 Å². The van der Waals surface area contributed by atoms with Gasteiger partial charge >= 0.3 is 5.97 Å². The SMILES string of the molecule is CC(C)[C@H](C(=O)O)N1C(=O)/C(=C2/C(=O)N(C)c3ccccc32)SC1=S. The van der Waals surface area contributed by atoms with E-state index in [9.17, 15) is 19.5 Å². The van der Waals surface area contributed by atoms with Crippen molar-refractivity contribution in [3.05, 3.63) is 34.7 Å². The molecule has 8 heteroatoms. The number of anilines is 1. The third-order valence-electron chi connectivity index (χ3n) is 4.24.